The molecule has 0 aliphatic heterocycles. The standard InChI is InChI=1S/C19H21FN2O3S/c1-2-21-19(24)22-12-13-25-18(23)17(14-8-4-3-5-9-14)26-16-11-7-6-10-15(16)20/h3-11,17H,2,12-13H2,1H3,(H2,21,22,24). The molecule has 2 aromatic carbocycles. The third-order valence-electron chi connectivity index (χ3n) is 3.37. The summed E-state index contributed by atoms with van der Waals surface area (Å²) < 4.78 is 19.2. The number of halogens is 1. The summed E-state index contributed by atoms with van der Waals surface area (Å²) in [6.07, 6.45) is 0. The van der Waals surface area contributed by atoms with Crippen LogP contribution in [0.25, 0.3) is 0 Å². The second-order valence-corrected chi connectivity index (χ2v) is 6.44. The molecule has 0 radical (unpaired) electrons. The molecule has 0 aliphatic carbocycles. The van der Waals surface area contributed by atoms with Gasteiger partial charge in [-0.3, -0.25) is 4.79 Å². The average Bonchev–Trinajstić information content (AvgIpc) is 2.65. The van der Waals surface area contributed by atoms with Crippen LogP contribution < -0.4 is 10.6 Å². The summed E-state index contributed by atoms with van der Waals surface area (Å²) >= 11 is 1.10. The van der Waals surface area contributed by atoms with E-state index in [2.05, 4.69) is 10.6 Å². The summed E-state index contributed by atoms with van der Waals surface area (Å²) in [5.41, 5.74) is 0.724. The van der Waals surface area contributed by atoms with Crippen LogP contribution in [0, 0.1) is 5.82 Å². The molecule has 2 amide bonds. The van der Waals surface area contributed by atoms with Crippen LogP contribution in [-0.2, 0) is 9.53 Å². The average molecular weight is 376 g/mol. The summed E-state index contributed by atoms with van der Waals surface area (Å²) in [6, 6.07) is 15.0. The van der Waals surface area contributed by atoms with Gasteiger partial charge < -0.3 is 15.4 Å². The van der Waals surface area contributed by atoms with Gasteiger partial charge in [0.2, 0.25) is 0 Å². The van der Waals surface area contributed by atoms with Crippen molar-refractivity contribution in [2.75, 3.05) is 19.7 Å². The van der Waals surface area contributed by atoms with E-state index in [9.17, 15) is 14.0 Å². The van der Waals surface area contributed by atoms with Crippen LogP contribution >= 0.6 is 11.8 Å². The van der Waals surface area contributed by atoms with Crippen molar-refractivity contribution in [1.82, 2.24) is 10.6 Å². The lowest BCUT2D eigenvalue weighted by Gasteiger charge is -2.17. The summed E-state index contributed by atoms with van der Waals surface area (Å²) in [6.45, 7) is 2.56. The molecule has 2 aromatic rings. The number of benzene rings is 2. The molecule has 138 valence electrons. The molecule has 0 saturated heterocycles. The fraction of sp³-hybridized carbons (Fsp3) is 0.263. The number of thioether (sulfide) groups is 1. The van der Waals surface area contributed by atoms with Gasteiger partial charge in [-0.2, -0.15) is 0 Å². The molecule has 1 unspecified atom stereocenters. The van der Waals surface area contributed by atoms with Gasteiger partial charge in [-0.05, 0) is 24.6 Å². The van der Waals surface area contributed by atoms with Crippen molar-refractivity contribution in [3.63, 3.8) is 0 Å². The Bertz CT molecular complexity index is 728. The van der Waals surface area contributed by atoms with E-state index in [1.807, 2.05) is 25.1 Å². The lowest BCUT2D eigenvalue weighted by molar-refractivity contribution is -0.142. The minimum absolute atomic E-state index is 0.0388. The van der Waals surface area contributed by atoms with Crippen molar-refractivity contribution < 1.29 is 18.7 Å². The van der Waals surface area contributed by atoms with E-state index in [1.165, 1.54) is 6.07 Å². The maximum atomic E-state index is 14.0. The highest BCUT2D eigenvalue weighted by Crippen LogP contribution is 2.37. The summed E-state index contributed by atoms with van der Waals surface area (Å²) in [4.78, 5) is 24.2. The molecule has 2 rings (SSSR count). The van der Waals surface area contributed by atoms with Gasteiger partial charge in [0, 0.05) is 11.4 Å². The zero-order chi connectivity index (χ0) is 18.8. The van der Waals surface area contributed by atoms with E-state index in [0.717, 1.165) is 17.3 Å². The molecule has 0 fully saturated rings. The maximum absolute atomic E-state index is 14.0. The van der Waals surface area contributed by atoms with Gasteiger partial charge in [0.05, 0.1) is 6.54 Å². The number of nitrogens with one attached hydrogen (secondary N) is 2. The summed E-state index contributed by atoms with van der Waals surface area (Å²) in [5, 5.41) is 4.47. The fourth-order valence-corrected chi connectivity index (χ4v) is 3.21. The predicted molar refractivity (Wildman–Crippen MR) is 99.5 cm³/mol. The number of carbonyl (C=O) groups is 2. The van der Waals surface area contributed by atoms with Crippen molar-refractivity contribution in [3.05, 3.63) is 66.0 Å². The number of ether oxygens (including phenoxy) is 1. The normalized spacial score (nSPS) is 11.5. The highest BCUT2D eigenvalue weighted by Gasteiger charge is 2.24. The quantitative estimate of drug-likeness (QED) is 0.420. The van der Waals surface area contributed by atoms with Crippen molar-refractivity contribution in [2.24, 2.45) is 0 Å². The van der Waals surface area contributed by atoms with E-state index < -0.39 is 11.2 Å². The van der Waals surface area contributed by atoms with Gasteiger partial charge in [0.15, 0.2) is 0 Å². The first-order chi connectivity index (χ1) is 12.6. The Morgan fingerprint density at radius 3 is 2.46 bits per heavy atom. The Kier molecular flexibility index (Phi) is 7.95. The number of hydrogen-bond acceptors (Lipinski definition) is 4. The Morgan fingerprint density at radius 1 is 1.08 bits per heavy atom. The summed E-state index contributed by atoms with van der Waals surface area (Å²) in [7, 11) is 0. The van der Waals surface area contributed by atoms with E-state index in [-0.39, 0.29) is 25.0 Å². The molecule has 2 N–H and O–H groups in total. The van der Waals surface area contributed by atoms with Crippen LogP contribution in [-0.4, -0.2) is 31.7 Å². The molecule has 0 aliphatic rings. The number of amides is 2. The van der Waals surface area contributed by atoms with E-state index in [4.69, 9.17) is 4.74 Å². The highest BCUT2D eigenvalue weighted by molar-refractivity contribution is 8.00. The molecule has 26 heavy (non-hydrogen) atoms. The molecular formula is C19H21FN2O3S. The van der Waals surface area contributed by atoms with Gasteiger partial charge in [0.25, 0.3) is 0 Å². The number of esters is 1. The number of carbonyl (C=O) groups excluding carboxylic acids is 2. The molecule has 1 atom stereocenters. The number of urea groups is 1. The van der Waals surface area contributed by atoms with Crippen molar-refractivity contribution in [1.29, 1.82) is 0 Å². The van der Waals surface area contributed by atoms with Crippen LogP contribution in [0.4, 0.5) is 9.18 Å². The topological polar surface area (TPSA) is 67.4 Å². The largest absolute Gasteiger partial charge is 0.463 e. The molecule has 0 bridgehead atoms. The van der Waals surface area contributed by atoms with E-state index in [1.54, 1.807) is 30.3 Å². The highest BCUT2D eigenvalue weighted by atomic mass is 32.2. The predicted octanol–water partition coefficient (Wildman–Crippen LogP) is 3.52. The Morgan fingerprint density at radius 2 is 1.77 bits per heavy atom. The first-order valence-corrected chi connectivity index (χ1v) is 9.14. The fourth-order valence-electron chi connectivity index (χ4n) is 2.16. The molecule has 0 aromatic heterocycles. The van der Waals surface area contributed by atoms with Gasteiger partial charge in [0.1, 0.15) is 17.7 Å². The Labute approximate surface area is 156 Å². The lowest BCUT2D eigenvalue weighted by Crippen LogP contribution is -2.37. The number of hydrogen-bond donors (Lipinski definition) is 2. The Balaban J connectivity index is 2.01. The zero-order valence-corrected chi connectivity index (χ0v) is 15.2. The molecule has 0 saturated carbocycles. The van der Waals surface area contributed by atoms with Crippen molar-refractivity contribution in [2.45, 2.75) is 17.1 Å². The third kappa shape index (κ3) is 6.07. The van der Waals surface area contributed by atoms with Crippen LogP contribution in [0.1, 0.15) is 17.7 Å². The van der Waals surface area contributed by atoms with Gasteiger partial charge in [-0.15, -0.1) is 11.8 Å². The molecule has 0 heterocycles. The Hall–Kier alpha value is -2.54. The second-order valence-electron chi connectivity index (χ2n) is 5.29. The van der Waals surface area contributed by atoms with Crippen molar-refractivity contribution >= 4 is 23.8 Å². The number of rotatable bonds is 8. The molecule has 0 spiro atoms. The molecular weight excluding hydrogens is 355 g/mol. The smallest absolute Gasteiger partial charge is 0.324 e. The van der Waals surface area contributed by atoms with Gasteiger partial charge in [-0.1, -0.05) is 42.5 Å². The first kappa shape index (κ1) is 19.8. The van der Waals surface area contributed by atoms with Gasteiger partial charge in [-0.25, -0.2) is 9.18 Å². The van der Waals surface area contributed by atoms with Crippen LogP contribution in [0.5, 0.6) is 0 Å². The second kappa shape index (κ2) is 10.5. The monoisotopic (exact) mass is 376 g/mol. The third-order valence-corrected chi connectivity index (χ3v) is 4.65. The minimum atomic E-state index is -0.697. The first-order valence-electron chi connectivity index (χ1n) is 8.26. The van der Waals surface area contributed by atoms with Crippen LogP contribution in [0.2, 0.25) is 0 Å². The van der Waals surface area contributed by atoms with E-state index in [0.29, 0.717) is 11.4 Å². The SMILES string of the molecule is CCNC(=O)NCCOC(=O)C(Sc1ccccc1F)c1ccccc1. The molecule has 7 heteroatoms. The lowest BCUT2D eigenvalue weighted by atomic mass is 10.1. The summed E-state index contributed by atoms with van der Waals surface area (Å²) in [5.74, 6) is -0.869. The van der Waals surface area contributed by atoms with Crippen molar-refractivity contribution in [3.8, 4) is 0 Å². The minimum Gasteiger partial charge on any atom is -0.463 e. The maximum Gasteiger partial charge on any atom is 0.324 e. The van der Waals surface area contributed by atoms with Crippen LogP contribution in [0.3, 0.4) is 0 Å². The van der Waals surface area contributed by atoms with E-state index >= 15 is 0 Å². The van der Waals surface area contributed by atoms with Gasteiger partial charge >= 0.3 is 12.0 Å². The zero-order valence-electron chi connectivity index (χ0n) is 14.4. The molecule has 5 nitrogen and oxygen atoms in total. The van der Waals surface area contributed by atoms with Crippen LogP contribution in [0.15, 0.2) is 59.5 Å².